The second-order valence-corrected chi connectivity index (χ2v) is 22.1. The van der Waals surface area contributed by atoms with Gasteiger partial charge in [0.05, 0.1) is 12.7 Å². The van der Waals surface area contributed by atoms with Gasteiger partial charge in [-0.2, -0.15) is 34.0 Å². The van der Waals surface area contributed by atoms with E-state index in [1.807, 2.05) is 105 Å². The van der Waals surface area contributed by atoms with E-state index in [0.29, 0.717) is 0 Å². The topological polar surface area (TPSA) is 0 Å². The van der Waals surface area contributed by atoms with Crippen molar-refractivity contribution in [2.45, 2.75) is 29.4 Å². The first kappa shape index (κ1) is 29.7. The average molecular weight is 811 g/mol. The maximum Gasteiger partial charge on any atom is 0.0585 e. The van der Waals surface area contributed by atoms with Crippen LogP contribution < -0.4 is 0 Å². The van der Waals surface area contributed by atoms with Crippen LogP contribution in [-0.2, 0) is 0 Å². The summed E-state index contributed by atoms with van der Waals surface area (Å²) < 4.78 is 4.22. The Morgan fingerprint density at radius 2 is 0.490 bits per heavy atom. The van der Waals surface area contributed by atoms with Gasteiger partial charge in [0, 0.05) is 95.1 Å². The van der Waals surface area contributed by atoms with Crippen LogP contribution in [0.5, 0.6) is 0 Å². The summed E-state index contributed by atoms with van der Waals surface area (Å²) >= 11 is 17.2. The van der Waals surface area contributed by atoms with Crippen LogP contribution in [-0.4, -0.2) is 0 Å². The van der Waals surface area contributed by atoms with Crippen molar-refractivity contribution in [1.29, 1.82) is 0 Å². The van der Waals surface area contributed by atoms with Crippen LogP contribution >= 0.6 is 105 Å². The van der Waals surface area contributed by atoms with E-state index in [1.54, 1.807) is 0 Å². The molecule has 0 spiro atoms. The van der Waals surface area contributed by atoms with Crippen LogP contribution in [0.1, 0.15) is 33.4 Å². The number of fused-ring (bicyclic) bond motifs is 15. The summed E-state index contributed by atoms with van der Waals surface area (Å²) in [7, 11) is 0. The average Bonchev–Trinajstić information content (AvgIpc) is 3.98. The second kappa shape index (κ2) is 10.9. The van der Waals surface area contributed by atoms with Gasteiger partial charge in [-0.3, -0.25) is 0 Å². The minimum absolute atomic E-state index is 1.36. The molecule has 0 N–H and O–H groups in total. The molecular formula is C42H18S9. The van der Waals surface area contributed by atoms with Crippen molar-refractivity contribution in [3.05, 3.63) is 151 Å². The van der Waals surface area contributed by atoms with Gasteiger partial charge in [-0.15, -0.1) is 0 Å². The van der Waals surface area contributed by atoms with Gasteiger partial charge in [-0.05, 0) is 50.1 Å². The molecule has 6 heterocycles. The molecule has 4 aromatic carbocycles. The molecule has 13 rings (SSSR count). The van der Waals surface area contributed by atoms with Crippen molar-refractivity contribution in [3.8, 4) is 33.4 Å². The van der Waals surface area contributed by atoms with E-state index in [2.05, 4.69) is 105 Å². The Morgan fingerprint density at radius 1 is 0.255 bits per heavy atom. The molecule has 0 bridgehead atoms. The molecule has 0 unspecified atom stereocenters. The van der Waals surface area contributed by atoms with Gasteiger partial charge in [-0.25, -0.2) is 0 Å². The fourth-order valence-corrected chi connectivity index (χ4v) is 19.6. The van der Waals surface area contributed by atoms with Crippen molar-refractivity contribution < 1.29 is 0 Å². The highest BCUT2D eigenvalue weighted by atomic mass is 32.2. The highest BCUT2D eigenvalue weighted by Gasteiger charge is 2.46. The number of rotatable bonds is 0. The molecule has 3 aliphatic carbocycles. The molecule has 0 nitrogen and oxygen atoms in total. The Labute approximate surface area is 332 Å². The van der Waals surface area contributed by atoms with Crippen molar-refractivity contribution in [1.82, 2.24) is 0 Å². The number of thioether (sulfide) groups is 6. The van der Waals surface area contributed by atoms with Crippen molar-refractivity contribution >= 4 is 121 Å². The smallest absolute Gasteiger partial charge is 0.0585 e. The van der Waals surface area contributed by atoms with Crippen molar-refractivity contribution in [3.63, 3.8) is 0 Å². The molecular weight excluding hydrogens is 793 g/mol. The van der Waals surface area contributed by atoms with Crippen LogP contribution in [0.25, 0.3) is 50.1 Å². The normalized spacial score (nSPS) is 16.7. The number of hydrogen-bond donors (Lipinski definition) is 0. The van der Waals surface area contributed by atoms with Gasteiger partial charge in [0.15, 0.2) is 0 Å². The molecule has 3 aromatic heterocycles. The van der Waals surface area contributed by atoms with E-state index in [1.165, 1.54) is 126 Å². The number of benzene rings is 4. The molecule has 9 heteroatoms. The monoisotopic (exact) mass is 810 g/mol. The predicted octanol–water partition coefficient (Wildman–Crippen LogP) is 15.7. The summed E-state index contributed by atoms with van der Waals surface area (Å²) in [4.78, 5) is 8.36. The van der Waals surface area contributed by atoms with E-state index >= 15 is 0 Å². The highest BCUT2D eigenvalue weighted by molar-refractivity contribution is 8.26. The van der Waals surface area contributed by atoms with E-state index in [9.17, 15) is 0 Å². The standard InChI is InChI=1S/C42H18S9/c1-4-10-22-19(7-1)31-37(34(22)40-46-25-13-43-14-26(25)47-40)32-21-9-3-6-12-24(21)36(42-50-29-17-45-18-30(29)51-42)39(32)33-20-8-2-5-11-23(20)35(38(31)33)41-48-27-15-44-16-28(27)49-41/h1-18H. The summed E-state index contributed by atoms with van der Waals surface area (Å²) in [5.74, 6) is 0. The van der Waals surface area contributed by atoms with Gasteiger partial charge >= 0.3 is 0 Å². The molecule has 0 saturated heterocycles. The SMILES string of the molecule is c1ccc2c(c1)C(=C1Sc3cscc3S1)c1c-2c2c(c3c1-c1ccccc1C3=C1Sc3cscc3S1)-c1ccccc1C2=C1Sc2cscc2S1. The van der Waals surface area contributed by atoms with Crippen molar-refractivity contribution in [2.24, 2.45) is 0 Å². The molecule has 0 fully saturated rings. The van der Waals surface area contributed by atoms with Crippen LogP contribution in [0.2, 0.25) is 0 Å². The summed E-state index contributed by atoms with van der Waals surface area (Å²) in [6.45, 7) is 0. The maximum absolute atomic E-state index is 2.39. The zero-order valence-corrected chi connectivity index (χ0v) is 33.4. The summed E-state index contributed by atoms with van der Waals surface area (Å²) in [5.41, 5.74) is 20.9. The molecule has 51 heavy (non-hydrogen) atoms. The first-order chi connectivity index (χ1) is 25.3. The van der Waals surface area contributed by atoms with E-state index in [4.69, 9.17) is 0 Å². The lowest BCUT2D eigenvalue weighted by Crippen LogP contribution is -1.98. The zero-order chi connectivity index (χ0) is 32.9. The van der Waals surface area contributed by atoms with Crippen LogP contribution in [0.15, 0.2) is 147 Å². The molecule has 0 amide bonds. The fraction of sp³-hybridized carbons (Fsp3) is 0. The van der Waals surface area contributed by atoms with Gasteiger partial charge in [0.25, 0.3) is 0 Å². The van der Waals surface area contributed by atoms with Gasteiger partial charge < -0.3 is 0 Å². The van der Waals surface area contributed by atoms with Crippen LogP contribution in [0.3, 0.4) is 0 Å². The molecule has 0 saturated carbocycles. The Kier molecular flexibility index (Phi) is 6.37. The Bertz CT molecular complexity index is 2470. The van der Waals surface area contributed by atoms with Gasteiger partial charge in [-0.1, -0.05) is 143 Å². The van der Waals surface area contributed by atoms with Crippen LogP contribution in [0.4, 0.5) is 0 Å². The largest absolute Gasteiger partial charge is 0.150 e. The van der Waals surface area contributed by atoms with E-state index in [0.717, 1.165) is 0 Å². The first-order valence-electron chi connectivity index (χ1n) is 16.3. The van der Waals surface area contributed by atoms with E-state index in [-0.39, 0.29) is 0 Å². The van der Waals surface area contributed by atoms with Gasteiger partial charge in [0.2, 0.25) is 0 Å². The Balaban J connectivity index is 1.23. The highest BCUT2D eigenvalue weighted by Crippen LogP contribution is 2.70. The third-order valence-corrected chi connectivity index (χ3v) is 21.0. The number of thiophene rings is 3. The molecule has 0 atom stereocenters. The van der Waals surface area contributed by atoms with Gasteiger partial charge in [0.1, 0.15) is 0 Å². The second-order valence-electron chi connectivity index (χ2n) is 12.8. The third-order valence-electron chi connectivity index (χ3n) is 10.3. The summed E-state index contributed by atoms with van der Waals surface area (Å²) in [6.07, 6.45) is 0. The molecule has 0 radical (unpaired) electrons. The Morgan fingerprint density at radius 3 is 0.745 bits per heavy atom. The number of hydrogen-bond acceptors (Lipinski definition) is 9. The summed E-state index contributed by atoms with van der Waals surface area (Å²) in [6, 6.07) is 27.8. The Hall–Kier alpha value is -2.70. The quantitative estimate of drug-likeness (QED) is 0.149. The maximum atomic E-state index is 2.39. The molecule has 6 aliphatic rings. The first-order valence-corrected chi connectivity index (χ1v) is 24.1. The molecule has 3 aliphatic heterocycles. The lowest BCUT2D eigenvalue weighted by Gasteiger charge is -2.20. The molecule has 7 aromatic rings. The molecule has 240 valence electrons. The lowest BCUT2D eigenvalue weighted by molar-refractivity contribution is 1.36. The predicted molar refractivity (Wildman–Crippen MR) is 229 cm³/mol. The minimum Gasteiger partial charge on any atom is -0.150 e. The van der Waals surface area contributed by atoms with E-state index < -0.39 is 0 Å². The minimum atomic E-state index is 1.36. The zero-order valence-electron chi connectivity index (χ0n) is 26.1. The van der Waals surface area contributed by atoms with Crippen LogP contribution in [0, 0.1) is 0 Å². The van der Waals surface area contributed by atoms with Crippen molar-refractivity contribution in [2.75, 3.05) is 0 Å². The summed E-state index contributed by atoms with van der Waals surface area (Å²) in [5, 5.41) is 14.0. The lowest BCUT2D eigenvalue weighted by atomic mass is 9.84. The third kappa shape index (κ3) is 3.97. The fourth-order valence-electron chi connectivity index (χ4n) is 8.34.